The van der Waals surface area contributed by atoms with Crippen LogP contribution in [0.25, 0.3) is 0 Å². The fourth-order valence-electron chi connectivity index (χ4n) is 5.22. The Hall–Kier alpha value is -3.35. The molecule has 2 aromatic rings. The maximum atomic E-state index is 13.7. The molecule has 7 nitrogen and oxygen atoms in total. The van der Waals surface area contributed by atoms with Gasteiger partial charge in [-0.05, 0) is 61.6 Å². The Kier molecular flexibility index (Phi) is 5.79. The minimum atomic E-state index is -0.541. The second kappa shape index (κ2) is 8.89. The van der Waals surface area contributed by atoms with Crippen molar-refractivity contribution in [3.8, 4) is 11.5 Å². The molecule has 0 N–H and O–H groups in total. The number of ether oxygens (including phenoxy) is 3. The van der Waals surface area contributed by atoms with Crippen molar-refractivity contribution in [2.24, 2.45) is 5.92 Å². The SMILES string of the molecule is CCOc1ccc(C2C3=C(OC4CCCCC4C3=O)C(=O)N2Cc2ccncc2)cc1OC. The maximum Gasteiger partial charge on any atom is 0.290 e. The van der Waals surface area contributed by atoms with Gasteiger partial charge in [0.15, 0.2) is 23.0 Å². The molecule has 1 saturated carbocycles. The summed E-state index contributed by atoms with van der Waals surface area (Å²) in [5.41, 5.74) is 2.21. The number of ketones is 1. The van der Waals surface area contributed by atoms with Gasteiger partial charge in [-0.1, -0.05) is 12.5 Å². The first kappa shape index (κ1) is 21.5. The summed E-state index contributed by atoms with van der Waals surface area (Å²) in [6.45, 7) is 2.77. The fourth-order valence-corrected chi connectivity index (χ4v) is 5.22. The highest BCUT2D eigenvalue weighted by atomic mass is 16.5. The number of hydrogen-bond donors (Lipinski definition) is 0. The van der Waals surface area contributed by atoms with Crippen molar-refractivity contribution in [1.29, 1.82) is 0 Å². The number of rotatable bonds is 6. The summed E-state index contributed by atoms with van der Waals surface area (Å²) in [6, 6.07) is 8.81. The van der Waals surface area contributed by atoms with Crippen LogP contribution in [0, 0.1) is 5.92 Å². The largest absolute Gasteiger partial charge is 0.493 e. The van der Waals surface area contributed by atoms with Gasteiger partial charge in [-0.2, -0.15) is 0 Å². The van der Waals surface area contributed by atoms with Gasteiger partial charge in [0.25, 0.3) is 5.91 Å². The van der Waals surface area contributed by atoms with Crippen molar-refractivity contribution in [2.75, 3.05) is 13.7 Å². The van der Waals surface area contributed by atoms with Gasteiger partial charge >= 0.3 is 0 Å². The van der Waals surface area contributed by atoms with E-state index in [1.54, 1.807) is 24.4 Å². The molecule has 3 heterocycles. The Morgan fingerprint density at radius 1 is 1.09 bits per heavy atom. The van der Waals surface area contributed by atoms with Gasteiger partial charge in [0.05, 0.1) is 31.2 Å². The van der Waals surface area contributed by atoms with Crippen molar-refractivity contribution >= 4 is 11.7 Å². The molecule has 33 heavy (non-hydrogen) atoms. The number of hydrogen-bond acceptors (Lipinski definition) is 6. The number of fused-ring (bicyclic) bond motifs is 1. The normalized spacial score (nSPS) is 24.3. The number of carbonyl (C=O) groups is 2. The average molecular weight is 449 g/mol. The summed E-state index contributed by atoms with van der Waals surface area (Å²) in [4.78, 5) is 33.1. The minimum Gasteiger partial charge on any atom is -0.493 e. The van der Waals surface area contributed by atoms with Gasteiger partial charge in [-0.15, -0.1) is 0 Å². The highest BCUT2D eigenvalue weighted by Gasteiger charge is 2.52. The lowest BCUT2D eigenvalue weighted by molar-refractivity contribution is -0.135. The maximum absolute atomic E-state index is 13.7. The zero-order valence-electron chi connectivity index (χ0n) is 19.0. The molecule has 1 aliphatic carbocycles. The number of benzene rings is 1. The van der Waals surface area contributed by atoms with E-state index in [4.69, 9.17) is 14.2 Å². The quantitative estimate of drug-likeness (QED) is 0.665. The highest BCUT2D eigenvalue weighted by Crippen LogP contribution is 2.48. The zero-order valence-corrected chi connectivity index (χ0v) is 19.0. The number of methoxy groups -OCH3 is 1. The number of carbonyl (C=O) groups excluding carboxylic acids is 2. The van der Waals surface area contributed by atoms with Gasteiger partial charge < -0.3 is 19.1 Å². The molecule has 0 spiro atoms. The molecule has 3 unspecified atom stereocenters. The van der Waals surface area contributed by atoms with Crippen molar-refractivity contribution < 1.29 is 23.8 Å². The topological polar surface area (TPSA) is 78.0 Å². The van der Waals surface area contributed by atoms with Crippen LogP contribution in [0.4, 0.5) is 0 Å². The predicted octanol–water partition coefficient (Wildman–Crippen LogP) is 3.98. The van der Waals surface area contributed by atoms with Gasteiger partial charge in [0.2, 0.25) is 0 Å². The van der Waals surface area contributed by atoms with Crippen LogP contribution in [0.1, 0.15) is 49.8 Å². The molecule has 5 rings (SSSR count). The first-order chi connectivity index (χ1) is 16.1. The number of aromatic nitrogens is 1. The van der Waals surface area contributed by atoms with Crippen LogP contribution >= 0.6 is 0 Å². The molecule has 0 saturated heterocycles. The Balaban J connectivity index is 1.59. The number of amides is 1. The van der Waals surface area contributed by atoms with Crippen LogP contribution in [-0.2, 0) is 20.9 Å². The molecule has 1 fully saturated rings. The Morgan fingerprint density at radius 3 is 2.64 bits per heavy atom. The molecule has 3 aliphatic rings. The number of Topliss-reactive ketones (excluding diaryl/α,β-unsaturated/α-hetero) is 1. The van der Waals surface area contributed by atoms with Crippen molar-refractivity contribution in [3.05, 3.63) is 65.2 Å². The third kappa shape index (κ3) is 3.75. The Morgan fingerprint density at radius 2 is 1.88 bits per heavy atom. The van der Waals surface area contributed by atoms with E-state index >= 15 is 0 Å². The summed E-state index contributed by atoms with van der Waals surface area (Å²) in [7, 11) is 1.59. The van der Waals surface area contributed by atoms with Crippen LogP contribution in [0.2, 0.25) is 0 Å². The molecular weight excluding hydrogens is 420 g/mol. The lowest BCUT2D eigenvalue weighted by atomic mass is 9.77. The smallest absolute Gasteiger partial charge is 0.290 e. The van der Waals surface area contributed by atoms with Crippen LogP contribution in [0.3, 0.4) is 0 Å². The summed E-state index contributed by atoms with van der Waals surface area (Å²) < 4.78 is 17.5. The summed E-state index contributed by atoms with van der Waals surface area (Å²) in [6.07, 6.45) is 6.85. The second-order valence-electron chi connectivity index (χ2n) is 8.69. The lowest BCUT2D eigenvalue weighted by Crippen LogP contribution is -2.39. The second-order valence-corrected chi connectivity index (χ2v) is 8.69. The standard InChI is InChI=1S/C26H28N2O5/c1-3-32-20-9-8-17(14-21(20)31-2)23-22-24(29)18-6-4-5-7-19(18)33-25(22)26(30)28(23)15-16-10-12-27-13-11-16/h8-14,18-19,23H,3-7,15H2,1-2H3. The number of nitrogens with zero attached hydrogens (tertiary/aromatic N) is 2. The predicted molar refractivity (Wildman–Crippen MR) is 121 cm³/mol. The van der Waals surface area contributed by atoms with E-state index in [1.807, 2.05) is 37.3 Å². The van der Waals surface area contributed by atoms with Gasteiger partial charge in [0, 0.05) is 18.9 Å². The molecule has 172 valence electrons. The summed E-state index contributed by atoms with van der Waals surface area (Å²) in [5.74, 6) is 1.04. The zero-order chi connectivity index (χ0) is 22.9. The van der Waals surface area contributed by atoms with E-state index in [9.17, 15) is 9.59 Å². The van der Waals surface area contributed by atoms with Crippen LogP contribution in [-0.4, -0.2) is 41.4 Å². The Bertz CT molecular complexity index is 1100. The lowest BCUT2D eigenvalue weighted by Gasteiger charge is -2.35. The van der Waals surface area contributed by atoms with Crippen LogP contribution < -0.4 is 9.47 Å². The van der Waals surface area contributed by atoms with Crippen LogP contribution in [0.15, 0.2) is 54.1 Å². The summed E-state index contributed by atoms with van der Waals surface area (Å²) >= 11 is 0. The summed E-state index contributed by atoms with van der Waals surface area (Å²) in [5, 5.41) is 0. The Labute approximate surface area is 193 Å². The van der Waals surface area contributed by atoms with Crippen LogP contribution in [0.5, 0.6) is 11.5 Å². The molecule has 7 heteroatoms. The van der Waals surface area contributed by atoms with Gasteiger partial charge in [-0.3, -0.25) is 14.6 Å². The third-order valence-electron chi connectivity index (χ3n) is 6.76. The van der Waals surface area contributed by atoms with E-state index in [1.165, 1.54) is 0 Å². The molecule has 0 bridgehead atoms. The third-order valence-corrected chi connectivity index (χ3v) is 6.76. The highest BCUT2D eigenvalue weighted by molar-refractivity contribution is 6.11. The fraction of sp³-hybridized carbons (Fsp3) is 0.423. The van der Waals surface area contributed by atoms with Crippen molar-refractivity contribution in [3.63, 3.8) is 0 Å². The molecule has 1 aromatic carbocycles. The van der Waals surface area contributed by atoms with Crippen molar-refractivity contribution in [1.82, 2.24) is 9.88 Å². The van der Waals surface area contributed by atoms with E-state index < -0.39 is 6.04 Å². The minimum absolute atomic E-state index is 0.0457. The number of pyridine rings is 1. The van der Waals surface area contributed by atoms with Gasteiger partial charge in [0.1, 0.15) is 6.10 Å². The van der Waals surface area contributed by atoms with E-state index in [2.05, 4.69) is 4.98 Å². The van der Waals surface area contributed by atoms with E-state index in [-0.39, 0.29) is 29.5 Å². The monoisotopic (exact) mass is 448 g/mol. The molecule has 1 amide bonds. The van der Waals surface area contributed by atoms with E-state index in [0.29, 0.717) is 30.2 Å². The van der Waals surface area contributed by atoms with Crippen molar-refractivity contribution in [2.45, 2.75) is 51.3 Å². The first-order valence-electron chi connectivity index (χ1n) is 11.6. The molecular formula is C26H28N2O5. The van der Waals surface area contributed by atoms with Gasteiger partial charge in [-0.25, -0.2) is 0 Å². The molecule has 1 aromatic heterocycles. The first-order valence-corrected chi connectivity index (χ1v) is 11.6. The molecule has 3 atom stereocenters. The van der Waals surface area contributed by atoms with E-state index in [0.717, 1.165) is 36.8 Å². The molecule has 2 aliphatic heterocycles. The average Bonchev–Trinajstić information content (AvgIpc) is 3.12. The molecule has 0 radical (unpaired) electrons.